The first-order chi connectivity index (χ1) is 8.65. The molecule has 0 aromatic carbocycles. The minimum atomic E-state index is 0.219. The van der Waals surface area contributed by atoms with Crippen molar-refractivity contribution in [3.8, 4) is 0 Å². The van der Waals surface area contributed by atoms with Gasteiger partial charge < -0.3 is 10.6 Å². The number of nitrogens with two attached hydrogens (primary N) is 1. The Hall–Kier alpha value is -0.870. The molecule has 98 valence electrons. The van der Waals surface area contributed by atoms with E-state index in [1.165, 1.54) is 6.42 Å². The maximum Gasteiger partial charge on any atom is 0.254 e. The molecule has 1 unspecified atom stereocenters. The molecule has 2 aliphatic rings. The van der Waals surface area contributed by atoms with E-state index in [-0.39, 0.29) is 5.91 Å². The zero-order chi connectivity index (χ0) is 12.7. The molecular formula is C14H20N2OS. The molecule has 1 amide bonds. The third-order valence-electron chi connectivity index (χ3n) is 4.46. The van der Waals surface area contributed by atoms with Crippen LogP contribution in [-0.4, -0.2) is 29.9 Å². The Kier molecular flexibility index (Phi) is 3.16. The number of nitrogens with zero attached hydrogens (tertiary/aromatic N) is 1. The van der Waals surface area contributed by atoms with Crippen LogP contribution in [0.15, 0.2) is 10.8 Å². The highest BCUT2D eigenvalue weighted by Gasteiger charge is 2.38. The molecule has 2 fully saturated rings. The summed E-state index contributed by atoms with van der Waals surface area (Å²) in [5.41, 5.74) is 8.03. The molecule has 0 bridgehead atoms. The first-order valence-corrected chi connectivity index (χ1v) is 7.67. The fourth-order valence-corrected chi connectivity index (χ4v) is 4.21. The smallest absolute Gasteiger partial charge is 0.254 e. The number of carbonyl (C=O) groups excluding carboxylic acids is 1. The van der Waals surface area contributed by atoms with Gasteiger partial charge in [0, 0.05) is 24.5 Å². The second kappa shape index (κ2) is 4.67. The van der Waals surface area contributed by atoms with Gasteiger partial charge in [0.1, 0.15) is 0 Å². The average molecular weight is 264 g/mol. The lowest BCUT2D eigenvalue weighted by atomic mass is 9.79. The first kappa shape index (κ1) is 12.2. The standard InChI is InChI=1S/C14H20N2OS/c1-9-7-18-8-13(9)14(17)16-5-10-2-3-12(15)4-11(10)6-16/h7-8,10-12H,2-6,15H2,1H3/t10-,11+,12?/m1/s1. The molecule has 18 heavy (non-hydrogen) atoms. The van der Waals surface area contributed by atoms with Crippen molar-refractivity contribution in [1.29, 1.82) is 0 Å². The van der Waals surface area contributed by atoms with Crippen LogP contribution in [0.2, 0.25) is 0 Å². The Morgan fingerprint density at radius 3 is 2.83 bits per heavy atom. The van der Waals surface area contributed by atoms with E-state index >= 15 is 0 Å². The molecular weight excluding hydrogens is 244 g/mol. The van der Waals surface area contributed by atoms with Crippen molar-refractivity contribution in [2.45, 2.75) is 32.2 Å². The quantitative estimate of drug-likeness (QED) is 0.845. The van der Waals surface area contributed by atoms with E-state index in [0.717, 1.165) is 37.1 Å². The Labute approximate surface area is 112 Å². The summed E-state index contributed by atoms with van der Waals surface area (Å²) in [6, 6.07) is 0.351. The molecule has 0 radical (unpaired) electrons. The van der Waals surface area contributed by atoms with E-state index in [2.05, 4.69) is 0 Å². The lowest BCUT2D eigenvalue weighted by molar-refractivity contribution is 0.0784. The number of hydrogen-bond donors (Lipinski definition) is 1. The van der Waals surface area contributed by atoms with Gasteiger partial charge in [0.05, 0.1) is 5.56 Å². The highest BCUT2D eigenvalue weighted by atomic mass is 32.1. The number of likely N-dealkylation sites (tertiary alicyclic amines) is 1. The summed E-state index contributed by atoms with van der Waals surface area (Å²) in [5.74, 6) is 1.54. The highest BCUT2D eigenvalue weighted by molar-refractivity contribution is 7.08. The molecule has 1 aromatic heterocycles. The van der Waals surface area contributed by atoms with Crippen molar-refractivity contribution in [2.75, 3.05) is 13.1 Å². The predicted molar refractivity (Wildman–Crippen MR) is 73.8 cm³/mol. The topological polar surface area (TPSA) is 46.3 Å². The largest absolute Gasteiger partial charge is 0.338 e. The molecule has 1 aromatic rings. The fourth-order valence-electron chi connectivity index (χ4n) is 3.38. The van der Waals surface area contributed by atoms with Gasteiger partial charge in [-0.1, -0.05) is 0 Å². The maximum atomic E-state index is 12.5. The molecule has 3 nitrogen and oxygen atoms in total. The molecule has 3 rings (SSSR count). The molecule has 1 saturated carbocycles. The summed E-state index contributed by atoms with van der Waals surface area (Å²) < 4.78 is 0. The molecule has 1 aliphatic carbocycles. The van der Waals surface area contributed by atoms with E-state index in [1.54, 1.807) is 11.3 Å². The normalized spacial score (nSPS) is 31.4. The van der Waals surface area contributed by atoms with Crippen LogP contribution in [-0.2, 0) is 0 Å². The van der Waals surface area contributed by atoms with Crippen molar-refractivity contribution in [3.63, 3.8) is 0 Å². The van der Waals surface area contributed by atoms with E-state index in [1.807, 2.05) is 22.6 Å². The molecule has 2 heterocycles. The van der Waals surface area contributed by atoms with Crippen molar-refractivity contribution in [2.24, 2.45) is 17.6 Å². The minimum absolute atomic E-state index is 0.219. The Morgan fingerprint density at radius 1 is 1.33 bits per heavy atom. The van der Waals surface area contributed by atoms with Crippen LogP contribution in [0.25, 0.3) is 0 Å². The molecule has 1 aliphatic heterocycles. The summed E-state index contributed by atoms with van der Waals surface area (Å²) >= 11 is 1.61. The molecule has 4 heteroatoms. The third kappa shape index (κ3) is 2.08. The van der Waals surface area contributed by atoms with Gasteiger partial charge in [-0.15, -0.1) is 0 Å². The van der Waals surface area contributed by atoms with Crippen molar-refractivity contribution >= 4 is 17.2 Å². The molecule has 2 N–H and O–H groups in total. The van der Waals surface area contributed by atoms with Gasteiger partial charge in [-0.05, 0) is 49.0 Å². The third-order valence-corrected chi connectivity index (χ3v) is 5.32. The first-order valence-electron chi connectivity index (χ1n) is 6.73. The van der Waals surface area contributed by atoms with Crippen molar-refractivity contribution < 1.29 is 4.79 Å². The van der Waals surface area contributed by atoms with Crippen LogP contribution in [0.5, 0.6) is 0 Å². The van der Waals surface area contributed by atoms with Gasteiger partial charge in [-0.3, -0.25) is 4.79 Å². The van der Waals surface area contributed by atoms with Crippen LogP contribution in [0.3, 0.4) is 0 Å². The van der Waals surface area contributed by atoms with Crippen molar-refractivity contribution in [1.82, 2.24) is 4.90 Å². The lowest BCUT2D eigenvalue weighted by Crippen LogP contribution is -2.32. The van der Waals surface area contributed by atoms with Gasteiger partial charge in [0.15, 0.2) is 0 Å². The molecule has 1 saturated heterocycles. The summed E-state index contributed by atoms with van der Waals surface area (Å²) in [5, 5.41) is 4.03. The summed E-state index contributed by atoms with van der Waals surface area (Å²) in [7, 11) is 0. The number of fused-ring (bicyclic) bond motifs is 1. The minimum Gasteiger partial charge on any atom is -0.338 e. The summed E-state index contributed by atoms with van der Waals surface area (Å²) in [6.45, 7) is 3.86. The fraction of sp³-hybridized carbons (Fsp3) is 0.643. The Bertz CT molecular complexity index is 456. The van der Waals surface area contributed by atoms with Gasteiger partial charge in [0.25, 0.3) is 5.91 Å². The van der Waals surface area contributed by atoms with Crippen LogP contribution >= 0.6 is 11.3 Å². The highest BCUT2D eigenvalue weighted by Crippen LogP contribution is 2.36. The van der Waals surface area contributed by atoms with Gasteiger partial charge >= 0.3 is 0 Å². The molecule has 3 atom stereocenters. The van der Waals surface area contributed by atoms with Gasteiger partial charge in [-0.2, -0.15) is 11.3 Å². The Morgan fingerprint density at radius 2 is 2.11 bits per heavy atom. The van der Waals surface area contributed by atoms with Crippen LogP contribution < -0.4 is 5.73 Å². The van der Waals surface area contributed by atoms with Crippen molar-refractivity contribution in [3.05, 3.63) is 21.9 Å². The van der Waals surface area contributed by atoms with E-state index < -0.39 is 0 Å². The van der Waals surface area contributed by atoms with Gasteiger partial charge in [0.2, 0.25) is 0 Å². The summed E-state index contributed by atoms with van der Waals surface area (Å²) in [6.07, 6.45) is 3.41. The van der Waals surface area contributed by atoms with Gasteiger partial charge in [-0.25, -0.2) is 0 Å². The molecule has 0 spiro atoms. The van der Waals surface area contributed by atoms with E-state index in [4.69, 9.17) is 5.73 Å². The number of amides is 1. The monoisotopic (exact) mass is 264 g/mol. The number of thiophene rings is 1. The SMILES string of the molecule is Cc1cscc1C(=O)N1C[C@H]2CCC(N)C[C@H]2C1. The Balaban J connectivity index is 1.72. The number of carbonyl (C=O) groups is 1. The number of hydrogen-bond acceptors (Lipinski definition) is 3. The predicted octanol–water partition coefficient (Wildman–Crippen LogP) is 2.26. The zero-order valence-electron chi connectivity index (χ0n) is 10.8. The zero-order valence-corrected chi connectivity index (χ0v) is 11.6. The lowest BCUT2D eigenvalue weighted by Gasteiger charge is -2.27. The van der Waals surface area contributed by atoms with Crippen LogP contribution in [0.1, 0.15) is 35.2 Å². The van der Waals surface area contributed by atoms with E-state index in [0.29, 0.717) is 17.9 Å². The average Bonchev–Trinajstić information content (AvgIpc) is 2.93. The van der Waals surface area contributed by atoms with Crippen LogP contribution in [0.4, 0.5) is 0 Å². The second-order valence-corrected chi connectivity index (χ2v) is 6.52. The second-order valence-electron chi connectivity index (χ2n) is 5.77. The maximum absolute atomic E-state index is 12.5. The number of aryl methyl sites for hydroxylation is 1. The number of rotatable bonds is 1. The van der Waals surface area contributed by atoms with Crippen LogP contribution in [0, 0.1) is 18.8 Å². The summed E-state index contributed by atoms with van der Waals surface area (Å²) in [4.78, 5) is 14.5. The van der Waals surface area contributed by atoms with E-state index in [9.17, 15) is 4.79 Å².